The SMILES string of the molecule is O=C(O)c1ccc(O)c(C(F)(F)F)n1. The minimum absolute atomic E-state index is 0.638. The first-order valence-electron chi connectivity index (χ1n) is 3.33. The van der Waals surface area contributed by atoms with Crippen LogP contribution in [0.4, 0.5) is 13.2 Å². The number of pyridine rings is 1. The van der Waals surface area contributed by atoms with Crippen LogP contribution in [0.1, 0.15) is 16.2 Å². The van der Waals surface area contributed by atoms with E-state index in [1.807, 2.05) is 0 Å². The van der Waals surface area contributed by atoms with Gasteiger partial charge in [-0.2, -0.15) is 13.2 Å². The topological polar surface area (TPSA) is 70.4 Å². The van der Waals surface area contributed by atoms with E-state index in [0.717, 1.165) is 6.07 Å². The zero-order valence-electron chi connectivity index (χ0n) is 6.54. The Morgan fingerprint density at radius 1 is 1.36 bits per heavy atom. The molecule has 1 rings (SSSR count). The van der Waals surface area contributed by atoms with Gasteiger partial charge in [-0.3, -0.25) is 0 Å². The van der Waals surface area contributed by atoms with Crippen molar-refractivity contribution in [2.75, 3.05) is 0 Å². The van der Waals surface area contributed by atoms with E-state index in [1.54, 1.807) is 0 Å². The average molecular weight is 207 g/mol. The number of carboxylic acid groups (broad SMARTS) is 1. The third-order valence-electron chi connectivity index (χ3n) is 1.36. The maximum Gasteiger partial charge on any atom is 0.437 e. The van der Waals surface area contributed by atoms with E-state index < -0.39 is 29.3 Å². The van der Waals surface area contributed by atoms with Crippen molar-refractivity contribution >= 4 is 5.97 Å². The predicted octanol–water partition coefficient (Wildman–Crippen LogP) is 1.50. The number of halogens is 3. The van der Waals surface area contributed by atoms with Gasteiger partial charge < -0.3 is 10.2 Å². The molecule has 0 aromatic carbocycles. The number of carboxylic acids is 1. The lowest BCUT2D eigenvalue weighted by Crippen LogP contribution is -2.11. The molecular weight excluding hydrogens is 203 g/mol. The highest BCUT2D eigenvalue weighted by Crippen LogP contribution is 2.33. The summed E-state index contributed by atoms with van der Waals surface area (Å²) in [6, 6.07) is 1.42. The number of alkyl halides is 3. The maximum atomic E-state index is 12.1. The van der Waals surface area contributed by atoms with E-state index >= 15 is 0 Å². The second-order valence-corrected chi connectivity index (χ2v) is 2.37. The van der Waals surface area contributed by atoms with E-state index in [4.69, 9.17) is 10.2 Å². The van der Waals surface area contributed by atoms with E-state index in [-0.39, 0.29) is 0 Å². The fourth-order valence-electron chi connectivity index (χ4n) is 0.780. The van der Waals surface area contributed by atoms with Crippen molar-refractivity contribution in [1.82, 2.24) is 4.98 Å². The summed E-state index contributed by atoms with van der Waals surface area (Å²) in [5, 5.41) is 17.1. The molecule has 0 fully saturated rings. The molecule has 0 saturated carbocycles. The van der Waals surface area contributed by atoms with Crippen LogP contribution >= 0.6 is 0 Å². The second kappa shape index (κ2) is 3.17. The van der Waals surface area contributed by atoms with Gasteiger partial charge in [-0.15, -0.1) is 0 Å². The van der Waals surface area contributed by atoms with Gasteiger partial charge in [0.05, 0.1) is 0 Å². The van der Waals surface area contributed by atoms with Gasteiger partial charge >= 0.3 is 12.1 Å². The lowest BCUT2D eigenvalue weighted by Gasteiger charge is -2.07. The van der Waals surface area contributed by atoms with Gasteiger partial charge in [-0.05, 0) is 12.1 Å². The fraction of sp³-hybridized carbons (Fsp3) is 0.143. The van der Waals surface area contributed by atoms with E-state index in [0.29, 0.717) is 6.07 Å². The van der Waals surface area contributed by atoms with E-state index in [2.05, 4.69) is 4.98 Å². The van der Waals surface area contributed by atoms with Crippen molar-refractivity contribution in [2.24, 2.45) is 0 Å². The van der Waals surface area contributed by atoms with Crippen LogP contribution in [0.3, 0.4) is 0 Å². The van der Waals surface area contributed by atoms with Gasteiger partial charge in [0, 0.05) is 0 Å². The molecule has 7 heteroatoms. The number of hydrogen-bond donors (Lipinski definition) is 2. The highest BCUT2D eigenvalue weighted by molar-refractivity contribution is 5.85. The van der Waals surface area contributed by atoms with Crippen molar-refractivity contribution in [3.05, 3.63) is 23.5 Å². The minimum atomic E-state index is -4.87. The van der Waals surface area contributed by atoms with Crippen LogP contribution < -0.4 is 0 Å². The third kappa shape index (κ3) is 1.93. The highest BCUT2D eigenvalue weighted by atomic mass is 19.4. The second-order valence-electron chi connectivity index (χ2n) is 2.37. The van der Waals surface area contributed by atoms with Crippen molar-refractivity contribution in [1.29, 1.82) is 0 Å². The fourth-order valence-corrected chi connectivity index (χ4v) is 0.780. The molecule has 0 aliphatic rings. The lowest BCUT2D eigenvalue weighted by atomic mass is 10.2. The summed E-state index contributed by atoms with van der Waals surface area (Å²) in [5.74, 6) is -2.68. The number of carbonyl (C=O) groups is 1. The van der Waals surface area contributed by atoms with Crippen molar-refractivity contribution in [3.8, 4) is 5.75 Å². The molecular formula is C7H4F3NO3. The summed E-state index contributed by atoms with van der Waals surface area (Å²) < 4.78 is 36.2. The predicted molar refractivity (Wildman–Crippen MR) is 37.9 cm³/mol. The smallest absolute Gasteiger partial charge is 0.437 e. The number of hydrogen-bond acceptors (Lipinski definition) is 3. The van der Waals surface area contributed by atoms with Crippen molar-refractivity contribution in [3.63, 3.8) is 0 Å². The molecule has 0 radical (unpaired) electrons. The molecule has 0 atom stereocenters. The molecule has 0 unspecified atom stereocenters. The van der Waals surface area contributed by atoms with Crippen LogP contribution in [-0.4, -0.2) is 21.2 Å². The first kappa shape index (κ1) is 10.3. The number of rotatable bonds is 1. The molecule has 0 amide bonds. The maximum absolute atomic E-state index is 12.1. The van der Waals surface area contributed by atoms with E-state index in [9.17, 15) is 18.0 Å². The number of aromatic hydroxyl groups is 1. The van der Waals surface area contributed by atoms with Gasteiger partial charge in [-0.25, -0.2) is 9.78 Å². The summed E-state index contributed by atoms with van der Waals surface area (Å²) in [4.78, 5) is 13.0. The largest absolute Gasteiger partial charge is 0.506 e. The summed E-state index contributed by atoms with van der Waals surface area (Å²) in [5.41, 5.74) is -2.37. The molecule has 0 bridgehead atoms. The van der Waals surface area contributed by atoms with Crippen LogP contribution in [0.25, 0.3) is 0 Å². The third-order valence-corrected chi connectivity index (χ3v) is 1.36. The van der Waals surface area contributed by atoms with Crippen LogP contribution in [0.5, 0.6) is 5.75 Å². The van der Waals surface area contributed by atoms with Gasteiger partial charge in [0.2, 0.25) is 0 Å². The first-order valence-corrected chi connectivity index (χ1v) is 3.33. The summed E-state index contributed by atoms with van der Waals surface area (Å²) >= 11 is 0. The van der Waals surface area contributed by atoms with Crippen molar-refractivity contribution in [2.45, 2.75) is 6.18 Å². The monoisotopic (exact) mass is 207 g/mol. The number of nitrogens with zero attached hydrogens (tertiary/aromatic N) is 1. The molecule has 1 aromatic heterocycles. The Morgan fingerprint density at radius 3 is 2.36 bits per heavy atom. The first-order chi connectivity index (χ1) is 6.32. The number of aromatic nitrogens is 1. The van der Waals surface area contributed by atoms with Gasteiger partial charge in [0.15, 0.2) is 5.69 Å². The minimum Gasteiger partial charge on any atom is -0.506 e. The molecule has 0 saturated heterocycles. The molecule has 1 aromatic rings. The molecule has 0 spiro atoms. The highest BCUT2D eigenvalue weighted by Gasteiger charge is 2.36. The lowest BCUT2D eigenvalue weighted by molar-refractivity contribution is -0.142. The Kier molecular flexibility index (Phi) is 2.33. The molecule has 4 nitrogen and oxygen atoms in total. The Labute approximate surface area is 75.6 Å². The summed E-state index contributed by atoms with van der Waals surface area (Å²) in [6.07, 6.45) is -4.87. The molecule has 0 aliphatic heterocycles. The van der Waals surface area contributed by atoms with Crippen LogP contribution in [0.15, 0.2) is 12.1 Å². The Bertz CT molecular complexity index is 375. The van der Waals surface area contributed by atoms with Crippen LogP contribution in [0, 0.1) is 0 Å². The van der Waals surface area contributed by atoms with Gasteiger partial charge in [0.25, 0.3) is 0 Å². The van der Waals surface area contributed by atoms with Gasteiger partial charge in [-0.1, -0.05) is 0 Å². The molecule has 0 aliphatic carbocycles. The normalized spacial score (nSPS) is 11.4. The Morgan fingerprint density at radius 2 is 1.93 bits per heavy atom. The quantitative estimate of drug-likeness (QED) is 0.732. The zero-order valence-corrected chi connectivity index (χ0v) is 6.54. The zero-order chi connectivity index (χ0) is 10.9. The van der Waals surface area contributed by atoms with Crippen LogP contribution in [0.2, 0.25) is 0 Å². The Hall–Kier alpha value is -1.79. The Balaban J connectivity index is 3.29. The van der Waals surface area contributed by atoms with Gasteiger partial charge in [0.1, 0.15) is 11.4 Å². The van der Waals surface area contributed by atoms with E-state index in [1.165, 1.54) is 0 Å². The van der Waals surface area contributed by atoms with Crippen molar-refractivity contribution < 1.29 is 28.2 Å². The molecule has 2 N–H and O–H groups in total. The average Bonchev–Trinajstić information content (AvgIpc) is 2.02. The number of aromatic carboxylic acids is 1. The summed E-state index contributed by atoms with van der Waals surface area (Å²) in [6.45, 7) is 0. The molecule has 1 heterocycles. The molecule has 76 valence electrons. The standard InChI is InChI=1S/C7H4F3NO3/c8-7(9,10)5-4(12)2-1-3(11-5)6(13)14/h1-2,12H,(H,13,14). The molecule has 14 heavy (non-hydrogen) atoms. The summed E-state index contributed by atoms with van der Waals surface area (Å²) in [7, 11) is 0. The van der Waals surface area contributed by atoms with Crippen LogP contribution in [-0.2, 0) is 6.18 Å².